The van der Waals surface area contributed by atoms with Gasteiger partial charge in [0, 0.05) is 24.4 Å². The predicted molar refractivity (Wildman–Crippen MR) is 94.7 cm³/mol. The monoisotopic (exact) mass is 359 g/mol. The quantitative estimate of drug-likeness (QED) is 0.670. The van der Waals surface area contributed by atoms with Crippen LogP contribution in [0, 0.1) is 10.1 Å². The zero-order valence-electron chi connectivity index (χ0n) is 13.4. The average molecular weight is 359 g/mol. The molecule has 2 amide bonds. The number of likely N-dealkylation sites (tertiary alicyclic amines) is 1. The lowest BCUT2D eigenvalue weighted by Gasteiger charge is -2.34. The first kappa shape index (κ1) is 17.1. The van der Waals surface area contributed by atoms with Crippen molar-refractivity contribution in [3.63, 3.8) is 0 Å². The van der Waals surface area contributed by atoms with Crippen molar-refractivity contribution in [1.29, 1.82) is 0 Å². The number of anilines is 1. The van der Waals surface area contributed by atoms with E-state index < -0.39 is 11.0 Å². The van der Waals surface area contributed by atoms with Crippen LogP contribution >= 0.6 is 11.3 Å². The minimum absolute atomic E-state index is 0.0369. The topological polar surface area (TPSA) is 92.5 Å². The number of nitrogens with zero attached hydrogens (tertiary/aromatic N) is 2. The fraction of sp³-hybridized carbons (Fsp3) is 0.294. The number of hydrogen-bond donors (Lipinski definition) is 1. The highest BCUT2D eigenvalue weighted by atomic mass is 32.1. The molecule has 0 radical (unpaired) electrons. The number of nitro groups is 1. The molecule has 1 unspecified atom stereocenters. The molecule has 1 aromatic heterocycles. The van der Waals surface area contributed by atoms with E-state index in [9.17, 15) is 19.7 Å². The summed E-state index contributed by atoms with van der Waals surface area (Å²) in [5, 5.41) is 15.3. The Morgan fingerprint density at radius 2 is 1.96 bits per heavy atom. The molecule has 1 aromatic carbocycles. The van der Waals surface area contributed by atoms with E-state index in [1.54, 1.807) is 11.0 Å². The number of nitrogens with one attached hydrogen (secondary N) is 1. The number of non-ortho nitro benzene ring substituents is 1. The zero-order chi connectivity index (χ0) is 17.8. The molecule has 130 valence electrons. The maximum absolute atomic E-state index is 12.6. The second-order valence-electron chi connectivity index (χ2n) is 5.78. The van der Waals surface area contributed by atoms with E-state index in [0.717, 1.165) is 12.8 Å². The smallest absolute Gasteiger partial charge is 0.269 e. The van der Waals surface area contributed by atoms with Gasteiger partial charge in [-0.05, 0) is 42.8 Å². The lowest BCUT2D eigenvalue weighted by molar-refractivity contribution is -0.384. The summed E-state index contributed by atoms with van der Waals surface area (Å²) in [7, 11) is 0. The summed E-state index contributed by atoms with van der Waals surface area (Å²) in [6.45, 7) is 0.551. The van der Waals surface area contributed by atoms with E-state index in [1.807, 2.05) is 11.4 Å². The summed E-state index contributed by atoms with van der Waals surface area (Å²) in [5.74, 6) is -0.392. The van der Waals surface area contributed by atoms with Gasteiger partial charge in [0.2, 0.25) is 5.91 Å². The lowest BCUT2D eigenvalue weighted by Crippen LogP contribution is -2.49. The van der Waals surface area contributed by atoms with E-state index in [-0.39, 0.29) is 17.5 Å². The van der Waals surface area contributed by atoms with Gasteiger partial charge in [-0.2, -0.15) is 0 Å². The average Bonchev–Trinajstić information content (AvgIpc) is 3.16. The number of hydrogen-bond acceptors (Lipinski definition) is 5. The molecule has 1 saturated heterocycles. The molecule has 1 atom stereocenters. The Hall–Kier alpha value is -2.74. The van der Waals surface area contributed by atoms with E-state index in [0.29, 0.717) is 23.5 Å². The second-order valence-corrected chi connectivity index (χ2v) is 6.73. The van der Waals surface area contributed by atoms with Gasteiger partial charge < -0.3 is 10.2 Å². The number of amides is 2. The van der Waals surface area contributed by atoms with Gasteiger partial charge in [-0.15, -0.1) is 11.3 Å². The molecule has 1 fully saturated rings. The highest BCUT2D eigenvalue weighted by Gasteiger charge is 2.33. The van der Waals surface area contributed by atoms with E-state index in [2.05, 4.69) is 5.32 Å². The van der Waals surface area contributed by atoms with Crippen molar-refractivity contribution in [2.45, 2.75) is 25.3 Å². The van der Waals surface area contributed by atoms with Crippen LogP contribution < -0.4 is 5.32 Å². The number of thiophene rings is 1. The van der Waals surface area contributed by atoms with Crippen LogP contribution in [0.2, 0.25) is 0 Å². The van der Waals surface area contributed by atoms with Crippen LogP contribution in [-0.4, -0.2) is 34.2 Å². The Balaban J connectivity index is 1.72. The number of nitro benzene ring substituents is 1. The molecule has 2 aromatic rings. The second kappa shape index (κ2) is 7.43. The van der Waals surface area contributed by atoms with Crippen molar-refractivity contribution >= 4 is 34.5 Å². The fourth-order valence-electron chi connectivity index (χ4n) is 2.88. The summed E-state index contributed by atoms with van der Waals surface area (Å²) >= 11 is 1.36. The Labute approximate surface area is 148 Å². The van der Waals surface area contributed by atoms with Gasteiger partial charge in [-0.25, -0.2) is 0 Å². The third-order valence-corrected chi connectivity index (χ3v) is 5.00. The molecule has 1 aliphatic heterocycles. The number of rotatable bonds is 4. The van der Waals surface area contributed by atoms with Gasteiger partial charge in [-0.1, -0.05) is 6.07 Å². The number of carbonyl (C=O) groups is 2. The molecular formula is C17H17N3O4S. The first-order valence-electron chi connectivity index (χ1n) is 7.96. The molecule has 0 aliphatic carbocycles. The van der Waals surface area contributed by atoms with Crippen LogP contribution in [0.3, 0.4) is 0 Å². The molecule has 0 spiro atoms. The Kier molecular flexibility index (Phi) is 5.08. The third kappa shape index (κ3) is 3.85. The maximum atomic E-state index is 12.6. The first-order valence-corrected chi connectivity index (χ1v) is 8.84. The van der Waals surface area contributed by atoms with Crippen molar-refractivity contribution < 1.29 is 14.5 Å². The van der Waals surface area contributed by atoms with Crippen LogP contribution in [0.25, 0.3) is 0 Å². The highest BCUT2D eigenvalue weighted by Crippen LogP contribution is 2.23. The van der Waals surface area contributed by atoms with Gasteiger partial charge in [0.1, 0.15) is 6.04 Å². The molecule has 3 rings (SSSR count). The SMILES string of the molecule is O=C(Nc1ccc([N+](=O)[O-])cc1)C1CCCCN1C(=O)c1cccs1. The van der Waals surface area contributed by atoms with E-state index >= 15 is 0 Å². The third-order valence-electron chi connectivity index (χ3n) is 4.14. The Morgan fingerprint density at radius 1 is 1.20 bits per heavy atom. The largest absolute Gasteiger partial charge is 0.326 e. The molecule has 25 heavy (non-hydrogen) atoms. The number of benzene rings is 1. The molecule has 1 N–H and O–H groups in total. The summed E-state index contributed by atoms with van der Waals surface area (Å²) < 4.78 is 0. The van der Waals surface area contributed by atoms with Gasteiger partial charge in [0.15, 0.2) is 0 Å². The zero-order valence-corrected chi connectivity index (χ0v) is 14.2. The van der Waals surface area contributed by atoms with Gasteiger partial charge in [0.25, 0.3) is 11.6 Å². The van der Waals surface area contributed by atoms with Crippen molar-refractivity contribution in [3.8, 4) is 0 Å². The molecule has 7 nitrogen and oxygen atoms in total. The van der Waals surface area contributed by atoms with Crippen molar-refractivity contribution in [2.24, 2.45) is 0 Å². The molecule has 0 bridgehead atoms. The standard InChI is InChI=1S/C17H17N3O4S/c21-16(18-12-6-8-13(9-7-12)20(23)24)14-4-1-2-10-19(14)17(22)15-5-3-11-25-15/h3,5-9,11,14H,1-2,4,10H2,(H,18,21). The summed E-state index contributed by atoms with van der Waals surface area (Å²) in [6, 6.07) is 8.70. The van der Waals surface area contributed by atoms with Gasteiger partial charge in [-0.3, -0.25) is 19.7 Å². The van der Waals surface area contributed by atoms with Crippen LogP contribution in [0.1, 0.15) is 28.9 Å². The molecular weight excluding hydrogens is 342 g/mol. The normalized spacial score (nSPS) is 17.1. The summed E-state index contributed by atoms with van der Waals surface area (Å²) in [4.78, 5) is 37.7. The maximum Gasteiger partial charge on any atom is 0.269 e. The van der Waals surface area contributed by atoms with Gasteiger partial charge >= 0.3 is 0 Å². The molecule has 8 heteroatoms. The molecule has 1 aliphatic rings. The molecule has 2 heterocycles. The van der Waals surface area contributed by atoms with Gasteiger partial charge in [0.05, 0.1) is 9.80 Å². The summed E-state index contributed by atoms with van der Waals surface area (Å²) in [6.07, 6.45) is 2.36. The van der Waals surface area contributed by atoms with E-state index in [4.69, 9.17) is 0 Å². The Bertz CT molecular complexity index is 774. The minimum atomic E-state index is -0.529. The Morgan fingerprint density at radius 3 is 2.60 bits per heavy atom. The van der Waals surface area contributed by atoms with Crippen LogP contribution in [-0.2, 0) is 4.79 Å². The fourth-order valence-corrected chi connectivity index (χ4v) is 3.56. The molecule has 0 saturated carbocycles. The lowest BCUT2D eigenvalue weighted by atomic mass is 10.0. The van der Waals surface area contributed by atoms with Crippen molar-refractivity contribution in [2.75, 3.05) is 11.9 Å². The van der Waals surface area contributed by atoms with E-state index in [1.165, 1.54) is 35.6 Å². The number of carbonyl (C=O) groups excluding carboxylic acids is 2. The van der Waals surface area contributed by atoms with Crippen molar-refractivity contribution in [3.05, 3.63) is 56.8 Å². The highest BCUT2D eigenvalue weighted by molar-refractivity contribution is 7.12. The van der Waals surface area contributed by atoms with Crippen molar-refractivity contribution in [1.82, 2.24) is 4.90 Å². The predicted octanol–water partition coefficient (Wildman–Crippen LogP) is 3.29. The van der Waals surface area contributed by atoms with Crippen LogP contribution in [0.15, 0.2) is 41.8 Å². The first-order chi connectivity index (χ1) is 12.1. The minimum Gasteiger partial charge on any atom is -0.326 e. The number of piperidine rings is 1. The van der Waals surface area contributed by atoms with Crippen LogP contribution in [0.4, 0.5) is 11.4 Å². The van der Waals surface area contributed by atoms with Crippen LogP contribution in [0.5, 0.6) is 0 Å². The summed E-state index contributed by atoms with van der Waals surface area (Å²) in [5.41, 5.74) is 0.440.